The number of alkyl halides is 2. The normalized spacial score (nSPS) is 10.7. The molecular weight excluding hydrogens is 288 g/mol. The first-order valence-electron chi connectivity index (χ1n) is 5.98. The van der Waals surface area contributed by atoms with Gasteiger partial charge in [0.2, 0.25) is 0 Å². The molecule has 0 aliphatic heterocycles. The molecule has 2 aromatic rings. The first kappa shape index (κ1) is 15.0. The van der Waals surface area contributed by atoms with E-state index in [2.05, 4.69) is 4.74 Å². The molecule has 2 nitrogen and oxygen atoms in total. The first-order chi connectivity index (χ1) is 9.97. The van der Waals surface area contributed by atoms with E-state index in [1.54, 1.807) is 0 Å². The Morgan fingerprint density at radius 1 is 1.10 bits per heavy atom. The number of benzene rings is 2. The molecule has 0 unspecified atom stereocenters. The molecule has 0 aliphatic rings. The number of hydrogen-bond acceptors (Lipinski definition) is 2. The van der Waals surface area contributed by atoms with E-state index in [9.17, 15) is 22.4 Å². The van der Waals surface area contributed by atoms with Crippen LogP contribution in [0.1, 0.15) is 15.9 Å². The Bertz CT molecular complexity index is 656. The minimum absolute atomic E-state index is 0.0201. The van der Waals surface area contributed by atoms with Gasteiger partial charge in [0.1, 0.15) is 17.4 Å². The van der Waals surface area contributed by atoms with Crippen LogP contribution in [0.25, 0.3) is 0 Å². The average molecular weight is 298 g/mol. The van der Waals surface area contributed by atoms with Gasteiger partial charge in [0.15, 0.2) is 5.78 Å². The standard InChI is InChI=1S/C15H10F4O2/c16-10-6-5-9(12(17)8-10)7-13(20)11-3-1-2-4-14(11)21-15(18)19/h1-6,8,15H,7H2. The van der Waals surface area contributed by atoms with Crippen molar-refractivity contribution < 1.29 is 27.1 Å². The summed E-state index contributed by atoms with van der Waals surface area (Å²) in [6.07, 6.45) is -0.379. The molecule has 0 aliphatic carbocycles. The largest absolute Gasteiger partial charge is 0.434 e. The van der Waals surface area contributed by atoms with Crippen LogP contribution in [0, 0.1) is 11.6 Å². The number of ether oxygens (including phenoxy) is 1. The summed E-state index contributed by atoms with van der Waals surface area (Å²) in [5.41, 5.74) is -0.102. The van der Waals surface area contributed by atoms with Crippen LogP contribution in [0.3, 0.4) is 0 Å². The maximum Gasteiger partial charge on any atom is 0.387 e. The van der Waals surface area contributed by atoms with Gasteiger partial charge in [-0.2, -0.15) is 8.78 Å². The molecule has 0 saturated carbocycles. The molecule has 6 heteroatoms. The molecule has 0 bridgehead atoms. The van der Waals surface area contributed by atoms with E-state index in [-0.39, 0.29) is 23.3 Å². The van der Waals surface area contributed by atoms with Gasteiger partial charge >= 0.3 is 6.61 Å². The van der Waals surface area contributed by atoms with Crippen molar-refractivity contribution in [3.05, 3.63) is 65.2 Å². The fraction of sp³-hybridized carbons (Fsp3) is 0.133. The van der Waals surface area contributed by atoms with Gasteiger partial charge < -0.3 is 4.74 Å². The van der Waals surface area contributed by atoms with Gasteiger partial charge in [0, 0.05) is 12.5 Å². The lowest BCUT2D eigenvalue weighted by Gasteiger charge is -2.10. The highest BCUT2D eigenvalue weighted by molar-refractivity contribution is 5.99. The Labute approximate surface area is 118 Å². The highest BCUT2D eigenvalue weighted by Crippen LogP contribution is 2.22. The highest BCUT2D eigenvalue weighted by Gasteiger charge is 2.17. The maximum absolute atomic E-state index is 13.5. The third kappa shape index (κ3) is 3.81. The summed E-state index contributed by atoms with van der Waals surface area (Å²) in [5.74, 6) is -2.50. The molecule has 0 atom stereocenters. The van der Waals surface area contributed by atoms with Crippen molar-refractivity contribution in [2.75, 3.05) is 0 Å². The van der Waals surface area contributed by atoms with Gasteiger partial charge in [0.05, 0.1) is 5.56 Å². The summed E-state index contributed by atoms with van der Waals surface area (Å²) in [7, 11) is 0. The van der Waals surface area contributed by atoms with Crippen molar-refractivity contribution in [1.29, 1.82) is 0 Å². The molecule has 0 radical (unpaired) electrons. The molecule has 0 spiro atoms. The van der Waals surface area contributed by atoms with Crippen LogP contribution in [-0.2, 0) is 6.42 Å². The summed E-state index contributed by atoms with van der Waals surface area (Å²) < 4.78 is 55.1. The molecule has 0 saturated heterocycles. The van der Waals surface area contributed by atoms with E-state index < -0.39 is 24.0 Å². The Morgan fingerprint density at radius 3 is 2.48 bits per heavy atom. The van der Waals surface area contributed by atoms with Crippen LogP contribution in [0.15, 0.2) is 42.5 Å². The maximum atomic E-state index is 13.5. The minimum atomic E-state index is -3.07. The Hall–Kier alpha value is -2.37. The molecular formula is C15H10F4O2. The van der Waals surface area contributed by atoms with Crippen LogP contribution in [0.5, 0.6) is 5.75 Å². The molecule has 0 aromatic heterocycles. The van der Waals surface area contributed by atoms with Crippen molar-refractivity contribution in [1.82, 2.24) is 0 Å². The van der Waals surface area contributed by atoms with Gasteiger partial charge in [-0.15, -0.1) is 0 Å². The van der Waals surface area contributed by atoms with Crippen LogP contribution < -0.4 is 4.74 Å². The number of para-hydroxylation sites is 1. The topological polar surface area (TPSA) is 26.3 Å². The lowest BCUT2D eigenvalue weighted by molar-refractivity contribution is -0.0501. The number of hydrogen-bond donors (Lipinski definition) is 0. The highest BCUT2D eigenvalue weighted by atomic mass is 19.3. The lowest BCUT2D eigenvalue weighted by Crippen LogP contribution is -2.10. The predicted molar refractivity (Wildman–Crippen MR) is 67.5 cm³/mol. The fourth-order valence-corrected chi connectivity index (χ4v) is 1.83. The number of Topliss-reactive ketones (excluding diaryl/α,β-unsaturated/α-hetero) is 1. The number of carbonyl (C=O) groups excluding carboxylic acids is 1. The van der Waals surface area contributed by atoms with Crippen molar-refractivity contribution in [2.45, 2.75) is 13.0 Å². The summed E-state index contributed by atoms with van der Waals surface area (Å²) in [4.78, 5) is 12.1. The Kier molecular flexibility index (Phi) is 4.57. The second-order valence-electron chi connectivity index (χ2n) is 4.21. The van der Waals surface area contributed by atoms with Crippen molar-refractivity contribution in [2.24, 2.45) is 0 Å². The molecule has 0 N–H and O–H groups in total. The molecule has 0 heterocycles. The van der Waals surface area contributed by atoms with Gasteiger partial charge in [-0.3, -0.25) is 4.79 Å². The van der Waals surface area contributed by atoms with Crippen LogP contribution in [-0.4, -0.2) is 12.4 Å². The zero-order chi connectivity index (χ0) is 15.4. The summed E-state index contributed by atoms with van der Waals surface area (Å²) in [6, 6.07) is 8.26. The second kappa shape index (κ2) is 6.39. The molecule has 2 aromatic carbocycles. The zero-order valence-corrected chi connectivity index (χ0v) is 10.7. The van der Waals surface area contributed by atoms with E-state index in [1.807, 2.05) is 0 Å². The molecule has 21 heavy (non-hydrogen) atoms. The third-order valence-corrected chi connectivity index (χ3v) is 2.77. The van der Waals surface area contributed by atoms with Crippen molar-refractivity contribution in [3.63, 3.8) is 0 Å². The van der Waals surface area contributed by atoms with E-state index in [0.717, 1.165) is 12.1 Å². The third-order valence-electron chi connectivity index (χ3n) is 2.77. The van der Waals surface area contributed by atoms with Gasteiger partial charge in [0.25, 0.3) is 0 Å². The van der Waals surface area contributed by atoms with Gasteiger partial charge in [-0.1, -0.05) is 18.2 Å². The fourth-order valence-electron chi connectivity index (χ4n) is 1.83. The van der Waals surface area contributed by atoms with Crippen LogP contribution in [0.2, 0.25) is 0 Å². The van der Waals surface area contributed by atoms with Crippen molar-refractivity contribution in [3.8, 4) is 5.75 Å². The SMILES string of the molecule is O=C(Cc1ccc(F)cc1F)c1ccccc1OC(F)F. The monoisotopic (exact) mass is 298 g/mol. The predicted octanol–water partition coefficient (Wildman–Crippen LogP) is 3.99. The first-order valence-corrected chi connectivity index (χ1v) is 5.98. The summed E-state index contributed by atoms with van der Waals surface area (Å²) >= 11 is 0. The molecule has 110 valence electrons. The quantitative estimate of drug-likeness (QED) is 0.616. The number of halogens is 4. The smallest absolute Gasteiger partial charge is 0.387 e. The lowest BCUT2D eigenvalue weighted by atomic mass is 10.0. The van der Waals surface area contributed by atoms with E-state index in [1.165, 1.54) is 24.3 Å². The van der Waals surface area contributed by atoms with E-state index in [4.69, 9.17) is 0 Å². The summed E-state index contributed by atoms with van der Waals surface area (Å²) in [5, 5.41) is 0. The van der Waals surface area contributed by atoms with Crippen molar-refractivity contribution >= 4 is 5.78 Å². The summed E-state index contributed by atoms with van der Waals surface area (Å²) in [6.45, 7) is -3.07. The second-order valence-corrected chi connectivity index (χ2v) is 4.21. The van der Waals surface area contributed by atoms with E-state index >= 15 is 0 Å². The Balaban J connectivity index is 2.24. The van der Waals surface area contributed by atoms with Gasteiger partial charge in [-0.25, -0.2) is 8.78 Å². The minimum Gasteiger partial charge on any atom is -0.434 e. The molecule has 0 amide bonds. The van der Waals surface area contributed by atoms with Crippen LogP contribution >= 0.6 is 0 Å². The zero-order valence-electron chi connectivity index (χ0n) is 10.7. The van der Waals surface area contributed by atoms with Gasteiger partial charge in [-0.05, 0) is 23.8 Å². The average Bonchev–Trinajstić information content (AvgIpc) is 2.42. The molecule has 0 fully saturated rings. The van der Waals surface area contributed by atoms with E-state index in [0.29, 0.717) is 6.07 Å². The number of carbonyl (C=O) groups is 1. The molecule has 2 rings (SSSR count). The van der Waals surface area contributed by atoms with Crippen LogP contribution in [0.4, 0.5) is 17.6 Å². The Morgan fingerprint density at radius 2 is 1.81 bits per heavy atom. The number of ketones is 1. The number of rotatable bonds is 5.